The van der Waals surface area contributed by atoms with Crippen LogP contribution in [0.2, 0.25) is 0 Å². The van der Waals surface area contributed by atoms with Crippen molar-refractivity contribution in [1.82, 2.24) is 0 Å². The molecule has 0 saturated heterocycles. The van der Waals surface area contributed by atoms with E-state index in [1.54, 1.807) is 13.2 Å². The second-order valence-corrected chi connectivity index (χ2v) is 11.6. The molecule has 0 aliphatic heterocycles. The van der Waals surface area contributed by atoms with Crippen molar-refractivity contribution in [3.05, 3.63) is 133 Å². The highest BCUT2D eigenvalue weighted by Gasteiger charge is 2.30. The van der Waals surface area contributed by atoms with Crippen molar-refractivity contribution < 1.29 is 18.3 Å². The largest absolute Gasteiger partial charge is 0.497 e. The van der Waals surface area contributed by atoms with Crippen LogP contribution in [0.5, 0.6) is 0 Å². The van der Waals surface area contributed by atoms with Gasteiger partial charge in [0, 0.05) is 13.3 Å². The van der Waals surface area contributed by atoms with Crippen LogP contribution in [0.15, 0.2) is 143 Å². The smallest absolute Gasteiger partial charge is 0.278 e. The first-order valence-corrected chi connectivity index (χ1v) is 15.6. The van der Waals surface area contributed by atoms with Crippen molar-refractivity contribution in [3.8, 4) is 0 Å². The summed E-state index contributed by atoms with van der Waals surface area (Å²) in [6, 6.07) is 21.7. The van der Waals surface area contributed by atoms with E-state index < -0.39 is 12.5 Å². The molecule has 0 atom stereocenters. The number of allylic oxidation sites excluding steroid dienone is 6. The molecule has 0 N–H and O–H groups in total. The predicted octanol–water partition coefficient (Wildman–Crippen LogP) is 11.6. The van der Waals surface area contributed by atoms with Crippen LogP contribution in [0.4, 0.5) is 8.78 Å². The summed E-state index contributed by atoms with van der Waals surface area (Å²) in [6.45, 7) is 22.6. The monoisotopic (exact) mass is 597 g/mol. The third-order valence-electron chi connectivity index (χ3n) is 5.58. The molecule has 0 spiro atoms. The number of hydrogen-bond acceptors (Lipinski definition) is 2. The Hall–Kier alpha value is -3.31. The molecule has 0 aromatic heterocycles. The highest BCUT2D eigenvalue weighted by atomic mass is 32.2. The van der Waals surface area contributed by atoms with E-state index in [2.05, 4.69) is 106 Å². The molecule has 2 aromatic carbocycles. The fourth-order valence-electron chi connectivity index (χ4n) is 3.40. The first-order valence-electron chi connectivity index (χ1n) is 14.4. The average molecular weight is 598 g/mol. The third-order valence-corrected chi connectivity index (χ3v) is 7.83. The Morgan fingerprint density at radius 1 is 0.976 bits per heavy atom. The van der Waals surface area contributed by atoms with Crippen LogP contribution in [0.1, 0.15) is 66.7 Å². The number of benzene rings is 2. The summed E-state index contributed by atoms with van der Waals surface area (Å²) in [6.07, 6.45) is 11.3. The minimum Gasteiger partial charge on any atom is -0.497 e. The van der Waals surface area contributed by atoms with Gasteiger partial charge < -0.3 is 9.47 Å². The van der Waals surface area contributed by atoms with Gasteiger partial charge in [-0.05, 0) is 81.5 Å². The maximum Gasteiger partial charge on any atom is 0.278 e. The molecule has 0 saturated carbocycles. The minimum atomic E-state index is -2.78. The maximum absolute atomic E-state index is 12.3. The number of rotatable bonds is 12. The molecular formula is C37H51F2O2S+. The summed E-state index contributed by atoms with van der Waals surface area (Å²) in [5.74, 6) is -1.70. The summed E-state index contributed by atoms with van der Waals surface area (Å²) < 4.78 is 34.1. The number of ether oxygens (including phenoxy) is 2. The zero-order chi connectivity index (χ0) is 32.0. The lowest BCUT2D eigenvalue weighted by Gasteiger charge is -2.13. The molecule has 0 heterocycles. The van der Waals surface area contributed by atoms with Gasteiger partial charge in [-0.15, -0.1) is 6.58 Å². The van der Waals surface area contributed by atoms with Crippen molar-refractivity contribution in [3.63, 3.8) is 0 Å². The Morgan fingerprint density at radius 3 is 1.88 bits per heavy atom. The molecule has 42 heavy (non-hydrogen) atoms. The van der Waals surface area contributed by atoms with E-state index in [0.29, 0.717) is 17.9 Å². The van der Waals surface area contributed by atoms with E-state index in [4.69, 9.17) is 9.47 Å². The Labute approximate surface area is 257 Å². The first kappa shape index (κ1) is 38.7. The Balaban J connectivity index is 0.000000660. The number of alkyl halides is 2. The van der Waals surface area contributed by atoms with Crippen LogP contribution in [-0.2, 0) is 20.4 Å². The normalized spacial score (nSPS) is 11.9. The summed E-state index contributed by atoms with van der Waals surface area (Å²) >= 11 is 0. The molecule has 2 aromatic rings. The van der Waals surface area contributed by atoms with Gasteiger partial charge in [-0.1, -0.05) is 81.6 Å². The van der Waals surface area contributed by atoms with Crippen molar-refractivity contribution in [2.45, 2.75) is 82.4 Å². The number of methoxy groups -OCH3 is 1. The number of halogens is 2. The van der Waals surface area contributed by atoms with Crippen LogP contribution in [0.3, 0.4) is 0 Å². The lowest BCUT2D eigenvalue weighted by molar-refractivity contribution is -0.0449. The standard InChI is InChI=1S/C19H19S.C10H16F2O.C6H10O.C2H6/c1-16-9-8-14-19(15-16)20(17-10-4-2-5-11-17)18-12-6-3-7-13-18;1-4-5-6-7-9(2)13-8-10(3,11)12;1-5(2)6(3)7-4;1-2/h2-7,10-15H,8-9H2,1H3;4H,1-2,5-8H2,3H3;1,3H2,2,4H3;1-2H3/q+1;;;. The second kappa shape index (κ2) is 22.3. The highest BCUT2D eigenvalue weighted by Crippen LogP contribution is 2.34. The van der Waals surface area contributed by atoms with E-state index in [0.717, 1.165) is 25.3 Å². The van der Waals surface area contributed by atoms with Gasteiger partial charge in [-0.2, -0.15) is 0 Å². The van der Waals surface area contributed by atoms with Gasteiger partial charge >= 0.3 is 0 Å². The Kier molecular flexibility index (Phi) is 20.6. The van der Waals surface area contributed by atoms with E-state index in [9.17, 15) is 8.78 Å². The van der Waals surface area contributed by atoms with Gasteiger partial charge in [0.2, 0.25) is 0 Å². The molecule has 1 aliphatic carbocycles. The van der Waals surface area contributed by atoms with Crippen LogP contribution >= 0.6 is 0 Å². The van der Waals surface area contributed by atoms with E-state index in [1.807, 2.05) is 20.8 Å². The summed E-state index contributed by atoms with van der Waals surface area (Å²) in [7, 11) is 1.61. The Bertz CT molecular complexity index is 1090. The number of unbranched alkanes of at least 4 members (excludes halogenated alkanes) is 1. The van der Waals surface area contributed by atoms with Gasteiger partial charge in [-0.3, -0.25) is 0 Å². The van der Waals surface area contributed by atoms with Crippen molar-refractivity contribution in [2.24, 2.45) is 0 Å². The van der Waals surface area contributed by atoms with Gasteiger partial charge in [0.25, 0.3) is 5.92 Å². The maximum atomic E-state index is 12.3. The van der Waals surface area contributed by atoms with E-state index in [-0.39, 0.29) is 10.9 Å². The topological polar surface area (TPSA) is 18.5 Å². The Morgan fingerprint density at radius 2 is 1.50 bits per heavy atom. The molecule has 0 fully saturated rings. The fourth-order valence-corrected chi connectivity index (χ4v) is 5.68. The van der Waals surface area contributed by atoms with Crippen molar-refractivity contribution >= 4 is 10.9 Å². The molecule has 0 unspecified atom stereocenters. The van der Waals surface area contributed by atoms with Gasteiger partial charge in [0.05, 0.1) is 23.8 Å². The summed E-state index contributed by atoms with van der Waals surface area (Å²) in [5.41, 5.74) is 2.37. The molecule has 0 radical (unpaired) electrons. The van der Waals surface area contributed by atoms with Crippen LogP contribution in [-0.4, -0.2) is 19.6 Å². The molecular weight excluding hydrogens is 546 g/mol. The quantitative estimate of drug-likeness (QED) is 0.0796. The number of hydrogen-bond donors (Lipinski definition) is 0. The first-order chi connectivity index (χ1) is 20.0. The molecule has 1 aliphatic rings. The second-order valence-electron chi connectivity index (χ2n) is 9.55. The highest BCUT2D eigenvalue weighted by molar-refractivity contribution is 8.00. The summed E-state index contributed by atoms with van der Waals surface area (Å²) in [4.78, 5) is 4.26. The molecule has 3 rings (SSSR count). The van der Waals surface area contributed by atoms with Gasteiger partial charge in [-0.25, -0.2) is 8.78 Å². The fraction of sp³-hybridized carbons (Fsp3) is 0.351. The minimum absolute atomic E-state index is 0.0263. The van der Waals surface area contributed by atoms with E-state index >= 15 is 0 Å². The zero-order valence-electron chi connectivity index (χ0n) is 26.6. The molecule has 0 amide bonds. The van der Waals surface area contributed by atoms with Gasteiger partial charge in [0.1, 0.15) is 5.76 Å². The van der Waals surface area contributed by atoms with E-state index in [1.165, 1.54) is 33.1 Å². The van der Waals surface area contributed by atoms with Crippen LogP contribution in [0.25, 0.3) is 0 Å². The molecule has 5 heteroatoms. The third kappa shape index (κ3) is 17.5. The lowest BCUT2D eigenvalue weighted by atomic mass is 10.1. The van der Waals surface area contributed by atoms with Crippen LogP contribution in [0, 0.1) is 0 Å². The van der Waals surface area contributed by atoms with Crippen molar-refractivity contribution in [1.29, 1.82) is 0 Å². The molecule has 230 valence electrons. The predicted molar refractivity (Wildman–Crippen MR) is 180 cm³/mol. The SMILES string of the molecule is C=C(C)C(=C)OC.C=CCCCC(=C)OCC(C)(F)F.CC.CC1=CC([S+](c2ccccc2)c2ccccc2)=CCC1. The molecule has 0 bridgehead atoms. The summed E-state index contributed by atoms with van der Waals surface area (Å²) in [5, 5.41) is 0. The lowest BCUT2D eigenvalue weighted by Crippen LogP contribution is -2.18. The van der Waals surface area contributed by atoms with Gasteiger partial charge in [0.15, 0.2) is 21.3 Å². The average Bonchev–Trinajstić information content (AvgIpc) is 2.98. The molecule has 2 nitrogen and oxygen atoms in total. The van der Waals surface area contributed by atoms with Crippen molar-refractivity contribution in [2.75, 3.05) is 13.7 Å². The zero-order valence-corrected chi connectivity index (χ0v) is 27.4. The van der Waals surface area contributed by atoms with Crippen LogP contribution < -0.4 is 0 Å².